The maximum absolute atomic E-state index is 7.54. The Morgan fingerprint density at radius 2 is 1.20 bits per heavy atom. The number of hydrogen-bond donors (Lipinski definition) is 0. The van der Waals surface area contributed by atoms with E-state index in [1.807, 2.05) is 37.4 Å². The molecule has 3 aromatic rings. The van der Waals surface area contributed by atoms with Crippen molar-refractivity contribution in [2.75, 3.05) is 11.9 Å². The predicted octanol–water partition coefficient (Wildman–Crippen LogP) is 5.12. The number of rotatable bonds is 3. The highest BCUT2D eigenvalue weighted by molar-refractivity contribution is 5.69. The molecule has 0 saturated carbocycles. The summed E-state index contributed by atoms with van der Waals surface area (Å²) in [5.41, 5.74) is 4.66. The quantitative estimate of drug-likeness (QED) is 0.631. The van der Waals surface area contributed by atoms with Crippen LogP contribution in [0.2, 0.25) is 0 Å². The molecule has 0 radical (unpaired) electrons. The summed E-state index contributed by atoms with van der Waals surface area (Å²) < 4.78 is 7.54. The highest BCUT2D eigenvalue weighted by Crippen LogP contribution is 2.26. The van der Waals surface area contributed by atoms with Crippen LogP contribution in [0, 0.1) is 0 Å². The summed E-state index contributed by atoms with van der Waals surface area (Å²) in [5, 5.41) is 0. The zero-order valence-electron chi connectivity index (χ0n) is 12.5. The molecule has 20 heavy (non-hydrogen) atoms. The van der Waals surface area contributed by atoms with Gasteiger partial charge in [0.2, 0.25) is 0 Å². The Hall–Kier alpha value is -2.54. The number of nitrogens with zero attached hydrogens (tertiary/aromatic N) is 1. The fourth-order valence-electron chi connectivity index (χ4n) is 2.26. The van der Waals surface area contributed by atoms with E-state index in [0.29, 0.717) is 6.04 Å². The van der Waals surface area contributed by atoms with Crippen LogP contribution in [0.25, 0.3) is 11.1 Å². The second-order valence-electron chi connectivity index (χ2n) is 4.73. The van der Waals surface area contributed by atoms with Gasteiger partial charge in [-0.05, 0) is 35.4 Å². The minimum Gasteiger partial charge on any atom is -0.345 e. The molecule has 0 amide bonds. The molecule has 0 unspecified atom stereocenters. The molecule has 0 fully saturated rings. The normalized spacial score (nSPS) is 10.9. The van der Waals surface area contributed by atoms with Gasteiger partial charge in [-0.1, -0.05) is 60.6 Å². The Morgan fingerprint density at radius 1 is 0.650 bits per heavy atom. The molecule has 0 bridgehead atoms. The van der Waals surface area contributed by atoms with E-state index >= 15 is 0 Å². The molecule has 1 heteroatoms. The Bertz CT molecular complexity index is 703. The molecule has 0 N–H and O–H groups in total. The fraction of sp³-hybridized carbons (Fsp3) is 0.0526. The monoisotopic (exact) mass is 260 g/mol. The van der Waals surface area contributed by atoms with Gasteiger partial charge in [0.1, 0.15) is 0 Å². The first-order valence-electron chi connectivity index (χ1n) is 7.20. The SMILES string of the molecule is [2H]c1ccc(N(C)c2ccc(-c3ccccc3)cc2)cc1. The zero-order valence-corrected chi connectivity index (χ0v) is 11.5. The van der Waals surface area contributed by atoms with Crippen molar-refractivity contribution in [2.45, 2.75) is 0 Å². The molecule has 3 aromatic carbocycles. The van der Waals surface area contributed by atoms with Gasteiger partial charge < -0.3 is 4.90 Å². The average Bonchev–Trinajstić information content (AvgIpc) is 2.56. The van der Waals surface area contributed by atoms with Crippen molar-refractivity contribution >= 4 is 11.4 Å². The van der Waals surface area contributed by atoms with Crippen LogP contribution in [0.3, 0.4) is 0 Å². The first-order chi connectivity index (χ1) is 10.2. The first kappa shape index (κ1) is 11.3. The summed E-state index contributed by atoms with van der Waals surface area (Å²) in [5.74, 6) is 0. The molecular formula is C19H17N. The van der Waals surface area contributed by atoms with Crippen LogP contribution < -0.4 is 4.90 Å². The van der Waals surface area contributed by atoms with Crippen LogP contribution in [-0.2, 0) is 0 Å². The van der Waals surface area contributed by atoms with Gasteiger partial charge in [-0.2, -0.15) is 0 Å². The van der Waals surface area contributed by atoms with Gasteiger partial charge in [0, 0.05) is 18.4 Å². The lowest BCUT2D eigenvalue weighted by Crippen LogP contribution is -2.08. The third-order valence-corrected chi connectivity index (χ3v) is 3.45. The van der Waals surface area contributed by atoms with Crippen molar-refractivity contribution in [3.8, 4) is 11.1 Å². The molecule has 0 saturated heterocycles. The fourth-order valence-corrected chi connectivity index (χ4v) is 2.26. The Balaban J connectivity index is 1.85. The van der Waals surface area contributed by atoms with Crippen molar-refractivity contribution in [1.29, 1.82) is 0 Å². The molecule has 0 aromatic heterocycles. The lowest BCUT2D eigenvalue weighted by molar-refractivity contribution is 1.21. The molecule has 0 heterocycles. The summed E-state index contributed by atoms with van der Waals surface area (Å²) in [4.78, 5) is 2.12. The second-order valence-corrected chi connectivity index (χ2v) is 4.73. The van der Waals surface area contributed by atoms with Crippen molar-refractivity contribution in [3.05, 3.63) is 84.9 Å². The van der Waals surface area contributed by atoms with E-state index in [0.717, 1.165) is 11.4 Å². The van der Waals surface area contributed by atoms with Crippen LogP contribution >= 0.6 is 0 Å². The number of hydrogen-bond acceptors (Lipinski definition) is 1. The van der Waals surface area contributed by atoms with Crippen LogP contribution in [0.1, 0.15) is 1.37 Å². The van der Waals surface area contributed by atoms with Crippen LogP contribution in [0.15, 0.2) is 84.9 Å². The summed E-state index contributed by atoms with van der Waals surface area (Å²) in [6, 6.07) is 27.0. The maximum atomic E-state index is 7.54. The molecule has 0 spiro atoms. The van der Waals surface area contributed by atoms with E-state index in [9.17, 15) is 0 Å². The smallest absolute Gasteiger partial charge is 0.0623 e. The van der Waals surface area contributed by atoms with Crippen LogP contribution in [-0.4, -0.2) is 7.05 Å². The number of benzene rings is 3. The van der Waals surface area contributed by atoms with E-state index in [1.54, 1.807) is 0 Å². The standard InChI is InChI=1S/C19H17N/c1-20(18-10-6-3-7-11-18)19-14-12-17(13-15-19)16-8-4-2-5-9-16/h2-15H,1H3/i3D. The van der Waals surface area contributed by atoms with Crippen LogP contribution in [0.4, 0.5) is 11.4 Å². The predicted molar refractivity (Wildman–Crippen MR) is 86.4 cm³/mol. The van der Waals surface area contributed by atoms with E-state index in [-0.39, 0.29) is 0 Å². The summed E-state index contributed by atoms with van der Waals surface area (Å²) in [7, 11) is 2.04. The van der Waals surface area contributed by atoms with E-state index in [4.69, 9.17) is 1.37 Å². The van der Waals surface area contributed by atoms with Gasteiger partial charge in [-0.25, -0.2) is 0 Å². The van der Waals surface area contributed by atoms with Gasteiger partial charge in [-0.3, -0.25) is 0 Å². The second kappa shape index (κ2) is 5.62. The van der Waals surface area contributed by atoms with Crippen molar-refractivity contribution < 1.29 is 1.37 Å². The van der Waals surface area contributed by atoms with Gasteiger partial charge in [0.25, 0.3) is 0 Å². The van der Waals surface area contributed by atoms with E-state index in [2.05, 4.69) is 53.4 Å². The summed E-state index contributed by atoms with van der Waals surface area (Å²) in [6.45, 7) is 0. The van der Waals surface area contributed by atoms with E-state index in [1.165, 1.54) is 11.1 Å². The molecule has 0 aliphatic rings. The molecular weight excluding hydrogens is 242 g/mol. The van der Waals surface area contributed by atoms with Crippen molar-refractivity contribution in [3.63, 3.8) is 0 Å². The average molecular weight is 260 g/mol. The number of para-hydroxylation sites is 1. The Morgan fingerprint density at radius 3 is 1.85 bits per heavy atom. The van der Waals surface area contributed by atoms with Crippen molar-refractivity contribution in [1.82, 2.24) is 0 Å². The highest BCUT2D eigenvalue weighted by atomic mass is 15.1. The Labute approximate surface area is 121 Å². The zero-order chi connectivity index (χ0) is 14.7. The third-order valence-electron chi connectivity index (χ3n) is 3.45. The first-order valence-corrected chi connectivity index (χ1v) is 6.70. The topological polar surface area (TPSA) is 3.24 Å². The highest BCUT2D eigenvalue weighted by Gasteiger charge is 2.03. The number of anilines is 2. The molecule has 1 nitrogen and oxygen atoms in total. The minimum absolute atomic E-state index is 0.534. The largest absolute Gasteiger partial charge is 0.345 e. The van der Waals surface area contributed by atoms with Crippen LogP contribution in [0.5, 0.6) is 0 Å². The third kappa shape index (κ3) is 2.57. The summed E-state index contributed by atoms with van der Waals surface area (Å²) >= 11 is 0. The molecule has 98 valence electrons. The molecule has 0 aliphatic carbocycles. The minimum atomic E-state index is 0.534. The van der Waals surface area contributed by atoms with Gasteiger partial charge in [-0.15, -0.1) is 0 Å². The van der Waals surface area contributed by atoms with E-state index < -0.39 is 0 Å². The molecule has 0 aliphatic heterocycles. The maximum Gasteiger partial charge on any atom is 0.0623 e. The molecule has 0 atom stereocenters. The lowest BCUT2D eigenvalue weighted by Gasteiger charge is -2.19. The van der Waals surface area contributed by atoms with Gasteiger partial charge in [0.15, 0.2) is 0 Å². The Kier molecular flexibility index (Phi) is 3.17. The van der Waals surface area contributed by atoms with Gasteiger partial charge >= 0.3 is 0 Å². The summed E-state index contributed by atoms with van der Waals surface area (Å²) in [6.07, 6.45) is 0. The van der Waals surface area contributed by atoms with Crippen molar-refractivity contribution in [2.24, 2.45) is 0 Å². The lowest BCUT2D eigenvalue weighted by atomic mass is 10.1. The molecule has 3 rings (SSSR count). The van der Waals surface area contributed by atoms with Gasteiger partial charge in [0.05, 0.1) is 1.37 Å².